The molecule has 0 radical (unpaired) electrons. The maximum atomic E-state index is 12.7. The second kappa shape index (κ2) is 5.24. The Balaban J connectivity index is 1.66. The predicted octanol–water partition coefficient (Wildman–Crippen LogP) is 2.23. The highest BCUT2D eigenvalue weighted by molar-refractivity contribution is 6.03. The van der Waals surface area contributed by atoms with Gasteiger partial charge in [-0.25, -0.2) is 9.66 Å². The lowest BCUT2D eigenvalue weighted by Crippen LogP contribution is -2.33. The second-order valence-electron chi connectivity index (χ2n) is 5.47. The number of fused-ring (bicyclic) bond motifs is 2. The molecule has 0 aliphatic carbocycles. The van der Waals surface area contributed by atoms with Crippen LogP contribution in [0.15, 0.2) is 54.9 Å². The Labute approximate surface area is 132 Å². The number of anilines is 1. The number of amides is 2. The summed E-state index contributed by atoms with van der Waals surface area (Å²) < 4.78 is 1.59. The predicted molar refractivity (Wildman–Crippen MR) is 86.5 cm³/mol. The van der Waals surface area contributed by atoms with Gasteiger partial charge >= 0.3 is 0 Å². The van der Waals surface area contributed by atoms with Gasteiger partial charge in [-0.05, 0) is 23.8 Å². The number of carbonyl (C=O) groups excluding carboxylic acids is 2. The molecule has 0 saturated carbocycles. The molecule has 3 aromatic rings. The van der Waals surface area contributed by atoms with E-state index in [-0.39, 0.29) is 18.2 Å². The van der Waals surface area contributed by atoms with Crippen molar-refractivity contribution in [2.75, 3.05) is 10.7 Å². The summed E-state index contributed by atoms with van der Waals surface area (Å²) >= 11 is 0. The highest BCUT2D eigenvalue weighted by Crippen LogP contribution is 2.32. The molecule has 4 rings (SSSR count). The fraction of sp³-hybridized carbons (Fsp3) is 0.118. The van der Waals surface area contributed by atoms with Crippen molar-refractivity contribution < 1.29 is 9.59 Å². The summed E-state index contributed by atoms with van der Waals surface area (Å²) in [5.74, 6) is -0.893. The smallest absolute Gasteiger partial charge is 0.246 e. The Bertz CT molecular complexity index is 916. The van der Waals surface area contributed by atoms with Crippen molar-refractivity contribution >= 4 is 28.5 Å². The van der Waals surface area contributed by atoms with Gasteiger partial charge in [0.25, 0.3) is 0 Å². The van der Waals surface area contributed by atoms with E-state index in [2.05, 4.69) is 15.7 Å². The summed E-state index contributed by atoms with van der Waals surface area (Å²) in [6, 6.07) is 14.9. The van der Waals surface area contributed by atoms with Gasteiger partial charge < -0.3 is 5.32 Å². The minimum absolute atomic E-state index is 0.134. The van der Waals surface area contributed by atoms with Crippen LogP contribution in [0.4, 0.5) is 5.69 Å². The highest BCUT2D eigenvalue weighted by Gasteiger charge is 2.30. The van der Waals surface area contributed by atoms with Gasteiger partial charge in [0.1, 0.15) is 6.33 Å². The van der Waals surface area contributed by atoms with Crippen molar-refractivity contribution in [2.24, 2.45) is 0 Å². The van der Waals surface area contributed by atoms with Gasteiger partial charge in [-0.15, -0.1) is 0 Å². The molecule has 114 valence electrons. The van der Waals surface area contributed by atoms with Crippen molar-refractivity contribution in [1.82, 2.24) is 9.66 Å². The Morgan fingerprint density at radius 2 is 1.96 bits per heavy atom. The Hall–Kier alpha value is -3.15. The first-order chi connectivity index (χ1) is 11.2. The van der Waals surface area contributed by atoms with Crippen LogP contribution in [0, 0.1) is 0 Å². The Morgan fingerprint density at radius 3 is 2.87 bits per heavy atom. The third-order valence-electron chi connectivity index (χ3n) is 4.00. The Kier molecular flexibility index (Phi) is 3.08. The molecule has 2 N–H and O–H groups in total. The van der Waals surface area contributed by atoms with Crippen molar-refractivity contribution in [2.45, 2.75) is 12.3 Å². The van der Waals surface area contributed by atoms with E-state index in [0.717, 1.165) is 16.6 Å². The number of benzene rings is 2. The average molecular weight is 306 g/mol. The van der Waals surface area contributed by atoms with E-state index < -0.39 is 5.92 Å². The van der Waals surface area contributed by atoms with Crippen LogP contribution in [-0.4, -0.2) is 21.5 Å². The summed E-state index contributed by atoms with van der Waals surface area (Å²) in [5.41, 5.74) is 5.97. The summed E-state index contributed by atoms with van der Waals surface area (Å²) in [7, 11) is 0. The topological polar surface area (TPSA) is 76.0 Å². The summed E-state index contributed by atoms with van der Waals surface area (Å²) in [6.45, 7) is 0. The van der Waals surface area contributed by atoms with Crippen molar-refractivity contribution in [3.8, 4) is 0 Å². The second-order valence-corrected chi connectivity index (χ2v) is 5.47. The molecule has 0 saturated heterocycles. The first-order valence-corrected chi connectivity index (χ1v) is 7.34. The SMILES string of the molecule is O=C1CC(C(=O)Nn2cnc3ccccc32)c2ccccc2N1. The quantitative estimate of drug-likeness (QED) is 0.762. The van der Waals surface area contributed by atoms with E-state index in [9.17, 15) is 9.59 Å². The summed E-state index contributed by atoms with van der Waals surface area (Å²) in [4.78, 5) is 28.8. The lowest BCUT2D eigenvalue weighted by atomic mass is 9.90. The molecule has 1 unspecified atom stereocenters. The highest BCUT2D eigenvalue weighted by atomic mass is 16.2. The van der Waals surface area contributed by atoms with Gasteiger partial charge in [-0.2, -0.15) is 0 Å². The molecule has 1 atom stereocenters. The molecule has 0 spiro atoms. The first kappa shape index (κ1) is 13.5. The standard InChI is InChI=1S/C17H14N4O2/c22-16-9-12(11-5-1-2-6-13(11)19-16)17(23)20-21-10-18-14-7-3-4-8-15(14)21/h1-8,10,12H,9H2,(H,19,22)(H,20,23). The van der Waals surface area contributed by atoms with Crippen molar-refractivity contribution in [3.63, 3.8) is 0 Å². The number of nitrogens with zero attached hydrogens (tertiary/aromatic N) is 2. The maximum Gasteiger partial charge on any atom is 0.246 e. The van der Waals surface area contributed by atoms with Gasteiger partial charge in [0.15, 0.2) is 0 Å². The molecule has 23 heavy (non-hydrogen) atoms. The molecule has 2 amide bonds. The van der Waals surface area contributed by atoms with E-state index in [0.29, 0.717) is 5.69 Å². The molecular formula is C17H14N4O2. The minimum atomic E-state index is -0.513. The zero-order valence-corrected chi connectivity index (χ0v) is 12.2. The number of para-hydroxylation sites is 3. The Morgan fingerprint density at radius 1 is 1.17 bits per heavy atom. The number of imidazole rings is 1. The van der Waals surface area contributed by atoms with Gasteiger partial charge in [0.2, 0.25) is 11.8 Å². The molecule has 0 bridgehead atoms. The van der Waals surface area contributed by atoms with E-state index in [1.165, 1.54) is 0 Å². The maximum absolute atomic E-state index is 12.7. The van der Waals surface area contributed by atoms with Gasteiger partial charge in [-0.3, -0.25) is 15.0 Å². The van der Waals surface area contributed by atoms with Crippen molar-refractivity contribution in [1.29, 1.82) is 0 Å². The van der Waals surface area contributed by atoms with E-state index in [4.69, 9.17) is 0 Å². The molecule has 2 aromatic carbocycles. The fourth-order valence-electron chi connectivity index (χ4n) is 2.89. The number of rotatable bonds is 2. The first-order valence-electron chi connectivity index (χ1n) is 7.34. The van der Waals surface area contributed by atoms with Crippen molar-refractivity contribution in [3.05, 3.63) is 60.4 Å². The number of nitrogens with one attached hydrogen (secondary N) is 2. The van der Waals surface area contributed by atoms with Gasteiger partial charge in [0, 0.05) is 12.1 Å². The van der Waals surface area contributed by atoms with Crippen LogP contribution < -0.4 is 10.7 Å². The molecule has 6 nitrogen and oxygen atoms in total. The minimum Gasteiger partial charge on any atom is -0.326 e. The monoisotopic (exact) mass is 306 g/mol. The zero-order chi connectivity index (χ0) is 15.8. The van der Waals surface area contributed by atoms with Crippen LogP contribution in [0.25, 0.3) is 11.0 Å². The number of hydrogen-bond donors (Lipinski definition) is 2. The molecular weight excluding hydrogens is 292 g/mol. The lowest BCUT2D eigenvalue weighted by Gasteiger charge is -2.24. The molecule has 1 aromatic heterocycles. The van der Waals surface area contributed by atoms with Crippen LogP contribution in [-0.2, 0) is 9.59 Å². The van der Waals surface area contributed by atoms with Gasteiger partial charge in [0.05, 0.1) is 17.0 Å². The van der Waals surface area contributed by atoms with Crippen LogP contribution in [0.2, 0.25) is 0 Å². The van der Waals surface area contributed by atoms with E-state index >= 15 is 0 Å². The third-order valence-corrected chi connectivity index (χ3v) is 4.00. The molecule has 2 heterocycles. The van der Waals surface area contributed by atoms with E-state index in [1.807, 2.05) is 42.5 Å². The van der Waals surface area contributed by atoms with Gasteiger partial charge in [-0.1, -0.05) is 30.3 Å². The van der Waals surface area contributed by atoms with Crippen LogP contribution in [0.5, 0.6) is 0 Å². The summed E-state index contributed by atoms with van der Waals surface area (Å²) in [6.07, 6.45) is 1.70. The normalized spacial score (nSPS) is 16.7. The number of carbonyl (C=O) groups is 2. The van der Waals surface area contributed by atoms with E-state index in [1.54, 1.807) is 17.1 Å². The number of aromatic nitrogens is 2. The summed E-state index contributed by atoms with van der Waals surface area (Å²) in [5, 5.41) is 2.80. The average Bonchev–Trinajstić information content (AvgIpc) is 2.97. The molecule has 1 aliphatic heterocycles. The molecule has 6 heteroatoms. The van der Waals surface area contributed by atoms with Crippen LogP contribution >= 0.6 is 0 Å². The lowest BCUT2D eigenvalue weighted by molar-refractivity contribution is -0.123. The molecule has 0 fully saturated rings. The fourth-order valence-corrected chi connectivity index (χ4v) is 2.89. The van der Waals surface area contributed by atoms with Crippen LogP contribution in [0.3, 0.4) is 0 Å². The largest absolute Gasteiger partial charge is 0.326 e. The van der Waals surface area contributed by atoms with Crippen LogP contribution in [0.1, 0.15) is 17.9 Å². The third kappa shape index (κ3) is 2.34. The number of hydrogen-bond acceptors (Lipinski definition) is 3. The molecule has 1 aliphatic rings. The zero-order valence-electron chi connectivity index (χ0n) is 12.2.